The van der Waals surface area contributed by atoms with E-state index in [0.29, 0.717) is 19.6 Å². The molecule has 2 rings (SSSR count). The van der Waals surface area contributed by atoms with Gasteiger partial charge >= 0.3 is 5.97 Å². The van der Waals surface area contributed by atoms with Gasteiger partial charge in [0.05, 0.1) is 12.7 Å². The molecule has 1 fully saturated rings. The number of rotatable bonds is 5. The van der Waals surface area contributed by atoms with E-state index >= 15 is 0 Å². The average Bonchev–Trinajstić information content (AvgIpc) is 2.88. The fourth-order valence-corrected chi connectivity index (χ4v) is 2.60. The Hall–Kier alpha value is -2.14. The summed E-state index contributed by atoms with van der Waals surface area (Å²) in [4.78, 5) is 24.4. The highest BCUT2D eigenvalue weighted by atomic mass is 16.5. The van der Waals surface area contributed by atoms with Crippen LogP contribution in [0.5, 0.6) is 0 Å². The molecule has 1 aromatic carbocycles. The van der Waals surface area contributed by atoms with Crippen LogP contribution in [0.2, 0.25) is 0 Å². The van der Waals surface area contributed by atoms with Gasteiger partial charge in [-0.25, -0.2) is 4.79 Å². The van der Waals surface area contributed by atoms with E-state index in [0.717, 1.165) is 17.2 Å². The van der Waals surface area contributed by atoms with Gasteiger partial charge in [-0.05, 0) is 25.0 Å². The molecule has 0 spiro atoms. The molecule has 0 radical (unpaired) electrons. The van der Waals surface area contributed by atoms with Gasteiger partial charge in [-0.1, -0.05) is 36.4 Å². The number of benzene rings is 1. The Morgan fingerprint density at radius 1 is 1.52 bits per heavy atom. The van der Waals surface area contributed by atoms with E-state index in [1.54, 1.807) is 0 Å². The molecule has 112 valence electrons. The molecule has 0 aliphatic carbocycles. The van der Waals surface area contributed by atoms with Gasteiger partial charge in [0.15, 0.2) is 6.04 Å². The summed E-state index contributed by atoms with van der Waals surface area (Å²) in [5.74, 6) is -1.42. The molecule has 21 heavy (non-hydrogen) atoms. The van der Waals surface area contributed by atoms with Gasteiger partial charge < -0.3 is 14.7 Å². The number of hydrogen-bond acceptors (Lipinski definition) is 3. The second kappa shape index (κ2) is 6.54. The molecule has 1 aliphatic rings. The van der Waals surface area contributed by atoms with Gasteiger partial charge in [0.2, 0.25) is 5.91 Å². The van der Waals surface area contributed by atoms with Crippen molar-refractivity contribution in [2.45, 2.75) is 32.1 Å². The summed E-state index contributed by atoms with van der Waals surface area (Å²) < 4.78 is 5.73. The fourth-order valence-electron chi connectivity index (χ4n) is 2.60. The van der Waals surface area contributed by atoms with Gasteiger partial charge in [0.25, 0.3) is 0 Å². The third-order valence-corrected chi connectivity index (χ3v) is 3.60. The van der Waals surface area contributed by atoms with Crippen LogP contribution in [0.25, 0.3) is 0 Å². The van der Waals surface area contributed by atoms with Crippen molar-refractivity contribution in [3.63, 3.8) is 0 Å². The molecule has 0 unspecified atom stereocenters. The highest BCUT2D eigenvalue weighted by Crippen LogP contribution is 2.23. The first-order chi connectivity index (χ1) is 10.0. The molecule has 0 saturated carbocycles. The SMILES string of the molecule is C=CC(=O)N1CC[C@H](OCc2cccc(C)c2)[C@H]1C(=O)O. The van der Waals surface area contributed by atoms with Crippen LogP contribution in [0.3, 0.4) is 0 Å². The normalized spacial score (nSPS) is 21.3. The summed E-state index contributed by atoms with van der Waals surface area (Å²) in [7, 11) is 0. The number of carbonyl (C=O) groups excluding carboxylic acids is 1. The predicted octanol–water partition coefficient (Wildman–Crippen LogP) is 1.75. The van der Waals surface area contributed by atoms with Gasteiger partial charge in [-0.2, -0.15) is 0 Å². The number of ether oxygens (including phenoxy) is 1. The minimum Gasteiger partial charge on any atom is -0.480 e. The number of hydrogen-bond donors (Lipinski definition) is 1. The maximum Gasteiger partial charge on any atom is 0.329 e. The zero-order valence-corrected chi connectivity index (χ0v) is 12.0. The molecule has 0 aromatic heterocycles. The van der Waals surface area contributed by atoms with E-state index < -0.39 is 18.1 Å². The molecule has 5 nitrogen and oxygen atoms in total. The van der Waals surface area contributed by atoms with Crippen LogP contribution in [-0.2, 0) is 20.9 Å². The Labute approximate surface area is 123 Å². The minimum absolute atomic E-state index is 0.340. The summed E-state index contributed by atoms with van der Waals surface area (Å²) in [5, 5.41) is 9.33. The highest BCUT2D eigenvalue weighted by molar-refractivity contribution is 5.91. The number of amides is 1. The fraction of sp³-hybridized carbons (Fsp3) is 0.375. The zero-order valence-electron chi connectivity index (χ0n) is 12.0. The van der Waals surface area contributed by atoms with Crippen molar-refractivity contribution in [3.8, 4) is 0 Å². The maximum atomic E-state index is 11.7. The van der Waals surface area contributed by atoms with Crippen molar-refractivity contribution < 1.29 is 19.4 Å². The average molecular weight is 289 g/mol. The molecule has 1 heterocycles. The quantitative estimate of drug-likeness (QED) is 0.839. The molecule has 5 heteroatoms. The van der Waals surface area contributed by atoms with Gasteiger partial charge in [0.1, 0.15) is 0 Å². The monoisotopic (exact) mass is 289 g/mol. The molecular formula is C16H19NO4. The number of carboxylic acids is 1. The van der Waals surface area contributed by atoms with Crippen LogP contribution >= 0.6 is 0 Å². The molecule has 1 aliphatic heterocycles. The Balaban J connectivity index is 2.04. The van der Waals surface area contributed by atoms with Crippen molar-refractivity contribution in [2.24, 2.45) is 0 Å². The van der Waals surface area contributed by atoms with Crippen LogP contribution in [0, 0.1) is 6.92 Å². The van der Waals surface area contributed by atoms with Gasteiger partial charge in [-0.3, -0.25) is 4.79 Å². The van der Waals surface area contributed by atoms with Gasteiger partial charge in [-0.15, -0.1) is 0 Å². The standard InChI is InChI=1S/C16H19NO4/c1-3-14(18)17-8-7-13(15(17)16(19)20)21-10-12-6-4-5-11(2)9-12/h3-6,9,13,15H,1,7-8,10H2,2H3,(H,19,20)/t13-,15-/m0/s1. The second-order valence-electron chi connectivity index (χ2n) is 5.15. The molecule has 0 bridgehead atoms. The van der Waals surface area contributed by atoms with Crippen molar-refractivity contribution in [1.82, 2.24) is 4.90 Å². The Morgan fingerprint density at radius 2 is 2.29 bits per heavy atom. The lowest BCUT2D eigenvalue weighted by atomic mass is 10.1. The van der Waals surface area contributed by atoms with Crippen LogP contribution in [0.1, 0.15) is 17.5 Å². The summed E-state index contributed by atoms with van der Waals surface area (Å²) in [6.45, 7) is 6.11. The number of aryl methyl sites for hydroxylation is 1. The molecule has 1 saturated heterocycles. The highest BCUT2D eigenvalue weighted by Gasteiger charge is 2.41. The summed E-state index contributed by atoms with van der Waals surface area (Å²) in [5.41, 5.74) is 2.12. The van der Waals surface area contributed by atoms with Crippen molar-refractivity contribution in [3.05, 3.63) is 48.0 Å². The summed E-state index contributed by atoms with van der Waals surface area (Å²) >= 11 is 0. The predicted molar refractivity (Wildman–Crippen MR) is 77.7 cm³/mol. The first kappa shape index (κ1) is 15.3. The van der Waals surface area contributed by atoms with Crippen LogP contribution in [0.4, 0.5) is 0 Å². The molecule has 2 atom stereocenters. The molecule has 1 amide bonds. The van der Waals surface area contributed by atoms with E-state index in [4.69, 9.17) is 4.74 Å². The van der Waals surface area contributed by atoms with E-state index in [2.05, 4.69) is 6.58 Å². The van der Waals surface area contributed by atoms with Crippen molar-refractivity contribution >= 4 is 11.9 Å². The lowest BCUT2D eigenvalue weighted by molar-refractivity contribution is -0.151. The molecule has 1 N–H and O–H groups in total. The van der Waals surface area contributed by atoms with Crippen LogP contribution in [0.15, 0.2) is 36.9 Å². The third kappa shape index (κ3) is 3.49. The lowest BCUT2D eigenvalue weighted by Crippen LogP contribution is -2.45. The van der Waals surface area contributed by atoms with E-state index in [1.807, 2.05) is 31.2 Å². The largest absolute Gasteiger partial charge is 0.480 e. The van der Waals surface area contributed by atoms with E-state index in [1.165, 1.54) is 4.90 Å². The number of nitrogens with zero attached hydrogens (tertiary/aromatic N) is 1. The Kier molecular flexibility index (Phi) is 4.75. The molecule has 1 aromatic rings. The number of carbonyl (C=O) groups is 2. The smallest absolute Gasteiger partial charge is 0.329 e. The van der Waals surface area contributed by atoms with E-state index in [-0.39, 0.29) is 5.91 Å². The maximum absolute atomic E-state index is 11.7. The summed E-state index contributed by atoms with van der Waals surface area (Å²) in [6, 6.07) is 6.91. The topological polar surface area (TPSA) is 66.8 Å². The van der Waals surface area contributed by atoms with Crippen molar-refractivity contribution in [1.29, 1.82) is 0 Å². The zero-order chi connectivity index (χ0) is 15.4. The van der Waals surface area contributed by atoms with Gasteiger partial charge in [0, 0.05) is 6.54 Å². The first-order valence-electron chi connectivity index (χ1n) is 6.86. The first-order valence-corrected chi connectivity index (χ1v) is 6.86. The second-order valence-corrected chi connectivity index (χ2v) is 5.15. The van der Waals surface area contributed by atoms with Crippen molar-refractivity contribution in [2.75, 3.05) is 6.54 Å². The van der Waals surface area contributed by atoms with Crippen LogP contribution < -0.4 is 0 Å². The number of carboxylic acid groups (broad SMARTS) is 1. The lowest BCUT2D eigenvalue weighted by Gasteiger charge is -2.23. The Morgan fingerprint density at radius 3 is 2.90 bits per heavy atom. The third-order valence-electron chi connectivity index (χ3n) is 3.60. The summed E-state index contributed by atoms with van der Waals surface area (Å²) in [6.07, 6.45) is 1.16. The molecular weight excluding hydrogens is 270 g/mol. The number of likely N-dealkylation sites (tertiary alicyclic amines) is 1. The van der Waals surface area contributed by atoms with Crippen LogP contribution in [-0.4, -0.2) is 40.6 Å². The Bertz CT molecular complexity index is 555. The number of aliphatic carboxylic acids is 1. The minimum atomic E-state index is -1.04. The van der Waals surface area contributed by atoms with E-state index in [9.17, 15) is 14.7 Å².